The van der Waals surface area contributed by atoms with Gasteiger partial charge in [-0.3, -0.25) is 0 Å². The Balaban J connectivity index is 1.58. The predicted octanol–water partition coefficient (Wildman–Crippen LogP) is 3.16. The van der Waals surface area contributed by atoms with Gasteiger partial charge in [0.05, 0.1) is 4.90 Å². The van der Waals surface area contributed by atoms with Crippen LogP contribution in [0.15, 0.2) is 52.3 Å². The van der Waals surface area contributed by atoms with Crippen molar-refractivity contribution in [2.24, 2.45) is 0 Å². The zero-order valence-electron chi connectivity index (χ0n) is 15.2. The first-order valence-corrected chi connectivity index (χ1v) is 10.7. The zero-order valence-corrected chi connectivity index (χ0v) is 16.0. The van der Waals surface area contributed by atoms with Crippen molar-refractivity contribution in [2.75, 3.05) is 24.5 Å². The van der Waals surface area contributed by atoms with Crippen LogP contribution in [0.2, 0.25) is 0 Å². The van der Waals surface area contributed by atoms with E-state index in [2.05, 4.69) is 4.90 Å². The monoisotopic (exact) mass is 404 g/mol. The second kappa shape index (κ2) is 7.09. The molecule has 0 aliphatic carbocycles. The first-order valence-electron chi connectivity index (χ1n) is 9.25. The third kappa shape index (κ3) is 3.22. The van der Waals surface area contributed by atoms with E-state index < -0.39 is 21.7 Å². The average molecular weight is 404 g/mol. The molecule has 2 aromatic carbocycles. The van der Waals surface area contributed by atoms with Crippen LogP contribution in [-0.4, -0.2) is 50.2 Å². The molecule has 2 heterocycles. The molecule has 1 saturated heterocycles. The highest BCUT2D eigenvalue weighted by atomic mass is 32.2. The summed E-state index contributed by atoms with van der Waals surface area (Å²) >= 11 is 0. The third-order valence-electron chi connectivity index (χ3n) is 5.59. The summed E-state index contributed by atoms with van der Waals surface area (Å²) in [4.78, 5) is 14.5. The summed E-state index contributed by atoms with van der Waals surface area (Å²) in [5, 5.41) is 9.10. The number of piperidine rings is 1. The maximum Gasteiger partial charge on any atom is 0.407 e. The van der Waals surface area contributed by atoms with E-state index >= 15 is 0 Å². The molecule has 148 valence electrons. The fraction of sp³-hybridized carbons (Fsp3) is 0.350. The summed E-state index contributed by atoms with van der Waals surface area (Å²) in [7, 11) is -3.92. The number of fused-ring (bicyclic) bond motifs is 1. The second-order valence-corrected chi connectivity index (χ2v) is 9.09. The minimum absolute atomic E-state index is 0.0962. The van der Waals surface area contributed by atoms with Gasteiger partial charge in [0.15, 0.2) is 0 Å². The summed E-state index contributed by atoms with van der Waals surface area (Å²) in [5.41, 5.74) is 1.92. The molecule has 0 radical (unpaired) electrons. The van der Waals surface area contributed by atoms with Crippen LogP contribution in [0.3, 0.4) is 0 Å². The van der Waals surface area contributed by atoms with Gasteiger partial charge in [-0.2, -0.15) is 0 Å². The van der Waals surface area contributed by atoms with E-state index in [1.807, 2.05) is 0 Å². The number of nitrogens with zero attached hydrogens (tertiary/aromatic N) is 2. The van der Waals surface area contributed by atoms with Gasteiger partial charge in [0, 0.05) is 31.4 Å². The van der Waals surface area contributed by atoms with Crippen LogP contribution < -0.4 is 4.90 Å². The molecule has 2 aliphatic rings. The number of hydrogen-bond donors (Lipinski definition) is 1. The molecule has 8 heteroatoms. The number of carboxylic acid groups (broad SMARTS) is 1. The summed E-state index contributed by atoms with van der Waals surface area (Å²) in [5.74, 6) is -0.755. The lowest BCUT2D eigenvalue weighted by molar-refractivity contribution is 0.131. The molecule has 2 aliphatic heterocycles. The van der Waals surface area contributed by atoms with E-state index in [9.17, 15) is 17.6 Å². The molecule has 0 bridgehead atoms. The third-order valence-corrected chi connectivity index (χ3v) is 7.38. The van der Waals surface area contributed by atoms with E-state index in [0.717, 1.165) is 43.1 Å². The van der Waals surface area contributed by atoms with Crippen molar-refractivity contribution >= 4 is 21.6 Å². The highest BCUT2D eigenvalue weighted by Gasteiger charge is 2.32. The number of hydrogen-bond acceptors (Lipinski definition) is 4. The first kappa shape index (κ1) is 18.7. The van der Waals surface area contributed by atoms with Crippen molar-refractivity contribution in [3.63, 3.8) is 0 Å². The molecule has 1 amide bonds. The van der Waals surface area contributed by atoms with E-state index in [0.29, 0.717) is 13.1 Å². The molecule has 0 atom stereocenters. The van der Waals surface area contributed by atoms with Crippen LogP contribution >= 0.6 is 0 Å². The van der Waals surface area contributed by atoms with Crippen LogP contribution in [0.5, 0.6) is 0 Å². The molecule has 0 unspecified atom stereocenters. The first-order chi connectivity index (χ1) is 13.4. The summed E-state index contributed by atoms with van der Waals surface area (Å²) in [6.45, 7) is 1.79. The lowest BCUT2D eigenvalue weighted by Gasteiger charge is -2.37. The van der Waals surface area contributed by atoms with Crippen molar-refractivity contribution in [3.8, 4) is 0 Å². The standard InChI is InChI=1S/C20H21FN2O4S/c21-17-3-1-2-4-19(17)28(26,27)16-5-6-18-14(13-16)7-12-23(18)15-8-10-22(11-9-15)20(24)25/h1-6,13,15H,7-12H2,(H,24,25). The quantitative estimate of drug-likeness (QED) is 0.850. The van der Waals surface area contributed by atoms with Crippen LogP contribution in [0.25, 0.3) is 0 Å². The Hall–Kier alpha value is -2.61. The van der Waals surface area contributed by atoms with Gasteiger partial charge in [-0.1, -0.05) is 12.1 Å². The van der Waals surface area contributed by atoms with Gasteiger partial charge in [-0.05, 0) is 55.2 Å². The Bertz CT molecular complexity index is 1020. The smallest absolute Gasteiger partial charge is 0.407 e. The minimum atomic E-state index is -3.92. The molecule has 1 fully saturated rings. The van der Waals surface area contributed by atoms with Crippen molar-refractivity contribution in [2.45, 2.75) is 35.1 Å². The van der Waals surface area contributed by atoms with Gasteiger partial charge in [0.1, 0.15) is 10.7 Å². The van der Waals surface area contributed by atoms with Gasteiger partial charge >= 0.3 is 6.09 Å². The second-order valence-electron chi connectivity index (χ2n) is 7.17. The van der Waals surface area contributed by atoms with Crippen molar-refractivity contribution < 1.29 is 22.7 Å². The highest BCUT2D eigenvalue weighted by Crippen LogP contribution is 2.35. The maximum atomic E-state index is 14.0. The zero-order chi connectivity index (χ0) is 19.9. The molecule has 0 spiro atoms. The molecule has 0 saturated carbocycles. The number of benzene rings is 2. The molecule has 28 heavy (non-hydrogen) atoms. The summed E-state index contributed by atoms with van der Waals surface area (Å²) in [6, 6.07) is 10.6. The molecular weight excluding hydrogens is 383 g/mol. The number of likely N-dealkylation sites (tertiary alicyclic amines) is 1. The summed E-state index contributed by atoms with van der Waals surface area (Å²) < 4.78 is 39.7. The van der Waals surface area contributed by atoms with E-state index in [-0.39, 0.29) is 15.8 Å². The predicted molar refractivity (Wildman–Crippen MR) is 102 cm³/mol. The summed E-state index contributed by atoms with van der Waals surface area (Å²) in [6.07, 6.45) is 1.33. The Labute approximate surface area is 163 Å². The molecule has 2 aromatic rings. The van der Waals surface area contributed by atoms with Crippen LogP contribution in [0.4, 0.5) is 14.9 Å². The Morgan fingerprint density at radius 2 is 1.79 bits per heavy atom. The van der Waals surface area contributed by atoms with Crippen molar-refractivity contribution in [3.05, 3.63) is 53.8 Å². The molecular formula is C20H21FN2O4S. The number of amides is 1. The van der Waals surface area contributed by atoms with Gasteiger partial charge < -0.3 is 14.9 Å². The minimum Gasteiger partial charge on any atom is -0.465 e. The highest BCUT2D eigenvalue weighted by molar-refractivity contribution is 7.91. The average Bonchev–Trinajstić information content (AvgIpc) is 3.11. The molecule has 6 nitrogen and oxygen atoms in total. The van der Waals surface area contributed by atoms with E-state index in [1.165, 1.54) is 29.2 Å². The molecule has 1 N–H and O–H groups in total. The SMILES string of the molecule is O=C(O)N1CCC(N2CCc3cc(S(=O)(=O)c4ccccc4F)ccc32)CC1. The van der Waals surface area contributed by atoms with E-state index in [1.54, 1.807) is 12.1 Å². The Morgan fingerprint density at radius 3 is 2.46 bits per heavy atom. The number of sulfone groups is 1. The molecule has 0 aromatic heterocycles. The number of halogens is 1. The normalized spacial score (nSPS) is 17.6. The lowest BCUT2D eigenvalue weighted by atomic mass is 10.0. The van der Waals surface area contributed by atoms with Crippen LogP contribution in [0, 0.1) is 5.82 Å². The van der Waals surface area contributed by atoms with Crippen LogP contribution in [0.1, 0.15) is 18.4 Å². The fourth-order valence-corrected chi connectivity index (χ4v) is 5.49. The number of rotatable bonds is 3. The van der Waals surface area contributed by atoms with E-state index in [4.69, 9.17) is 5.11 Å². The van der Waals surface area contributed by atoms with Crippen LogP contribution in [-0.2, 0) is 16.3 Å². The van der Waals surface area contributed by atoms with Crippen molar-refractivity contribution in [1.82, 2.24) is 4.90 Å². The van der Waals surface area contributed by atoms with Gasteiger partial charge in [-0.15, -0.1) is 0 Å². The van der Waals surface area contributed by atoms with Gasteiger partial charge in [0.2, 0.25) is 9.84 Å². The number of carbonyl (C=O) groups is 1. The largest absolute Gasteiger partial charge is 0.465 e. The Kier molecular flexibility index (Phi) is 4.74. The molecule has 4 rings (SSSR count). The van der Waals surface area contributed by atoms with Gasteiger partial charge in [0.25, 0.3) is 0 Å². The lowest BCUT2D eigenvalue weighted by Crippen LogP contribution is -2.46. The van der Waals surface area contributed by atoms with Crippen molar-refractivity contribution in [1.29, 1.82) is 0 Å². The topological polar surface area (TPSA) is 77.9 Å². The van der Waals surface area contributed by atoms with Gasteiger partial charge in [-0.25, -0.2) is 17.6 Å². The number of anilines is 1. The maximum absolute atomic E-state index is 14.0. The fourth-order valence-electron chi connectivity index (χ4n) is 4.11. The Morgan fingerprint density at radius 1 is 1.07 bits per heavy atom.